The van der Waals surface area contributed by atoms with Gasteiger partial charge in [0.1, 0.15) is 11.1 Å². The second-order valence-corrected chi connectivity index (χ2v) is 9.95. The van der Waals surface area contributed by atoms with Crippen molar-refractivity contribution in [2.45, 2.75) is 80.6 Å². The number of hydrogen-bond acceptors (Lipinski definition) is 20. The van der Waals surface area contributed by atoms with Crippen LogP contribution in [0.4, 0.5) is 19.2 Å². The quantitative estimate of drug-likeness (QED) is 0.0539. The van der Waals surface area contributed by atoms with E-state index in [1.807, 2.05) is 0 Å². The van der Waals surface area contributed by atoms with Crippen molar-refractivity contribution in [2.24, 2.45) is 0 Å². The van der Waals surface area contributed by atoms with Gasteiger partial charge < -0.3 is 56.8 Å². The predicted octanol–water partition coefficient (Wildman–Crippen LogP) is 6.21. The first-order valence-corrected chi connectivity index (χ1v) is 16.4. The highest BCUT2D eigenvalue weighted by molar-refractivity contribution is 5.96. The normalized spacial score (nSPS) is 12.5. The first-order valence-electron chi connectivity index (χ1n) is 16.4. The van der Waals surface area contributed by atoms with Crippen LogP contribution in [0.15, 0.2) is 36.4 Å². The lowest BCUT2D eigenvalue weighted by Crippen LogP contribution is -2.25. The zero-order valence-corrected chi connectivity index (χ0v) is 30.8. The van der Waals surface area contributed by atoms with Crippen molar-refractivity contribution in [1.82, 2.24) is 0 Å². The molecule has 4 unspecified atom stereocenters. The van der Waals surface area contributed by atoms with Crippen LogP contribution < -0.4 is 18.9 Å². The number of ether oxygens (including phenoxy) is 12. The second-order valence-electron chi connectivity index (χ2n) is 9.95. The maximum Gasteiger partial charge on any atom is 0.511 e. The third kappa shape index (κ3) is 14.7. The van der Waals surface area contributed by atoms with Crippen LogP contribution in [0.5, 0.6) is 23.0 Å². The molecule has 2 aromatic carbocycles. The van der Waals surface area contributed by atoms with E-state index in [1.54, 1.807) is 27.7 Å². The molecule has 0 saturated carbocycles. The summed E-state index contributed by atoms with van der Waals surface area (Å²) in [7, 11) is 0. The van der Waals surface area contributed by atoms with E-state index in [0.717, 1.165) is 0 Å². The number of hydrogen-bond donors (Lipinski definition) is 0. The summed E-state index contributed by atoms with van der Waals surface area (Å²) in [4.78, 5) is 83.8. The summed E-state index contributed by atoms with van der Waals surface area (Å²) in [6.07, 6.45) is -9.62. The molecule has 0 heterocycles. The van der Waals surface area contributed by atoms with Crippen LogP contribution in [0.3, 0.4) is 0 Å². The Morgan fingerprint density at radius 3 is 1.00 bits per heavy atom. The third-order valence-corrected chi connectivity index (χ3v) is 5.84. The van der Waals surface area contributed by atoms with E-state index in [4.69, 9.17) is 66.6 Å². The van der Waals surface area contributed by atoms with Crippen molar-refractivity contribution in [3.63, 3.8) is 0 Å². The van der Waals surface area contributed by atoms with Crippen molar-refractivity contribution in [3.05, 3.63) is 47.5 Å². The van der Waals surface area contributed by atoms with Gasteiger partial charge in [0.05, 0.1) is 26.4 Å². The molecule has 0 radical (unpaired) electrons. The Labute approximate surface area is 309 Å². The topological polar surface area (TPSA) is 232 Å². The maximum absolute atomic E-state index is 13.4. The van der Waals surface area contributed by atoms with Gasteiger partial charge in [0.2, 0.25) is 25.2 Å². The molecule has 0 aromatic heterocycles. The molecule has 0 bridgehead atoms. The molecule has 4 atom stereocenters. The van der Waals surface area contributed by atoms with Gasteiger partial charge in [-0.2, -0.15) is 0 Å². The molecular weight excluding hydrogens is 728 g/mol. The van der Waals surface area contributed by atoms with Crippen LogP contribution in [0.2, 0.25) is 0 Å². The van der Waals surface area contributed by atoms with Gasteiger partial charge in [0.25, 0.3) is 0 Å². The Morgan fingerprint density at radius 1 is 0.444 bits per heavy atom. The van der Waals surface area contributed by atoms with Gasteiger partial charge in [-0.1, -0.05) is 12.1 Å². The fourth-order valence-electron chi connectivity index (χ4n) is 3.88. The third-order valence-electron chi connectivity index (χ3n) is 5.84. The summed E-state index contributed by atoms with van der Waals surface area (Å²) >= 11 is 0. The average Bonchev–Trinajstić information content (AvgIpc) is 3.08. The second kappa shape index (κ2) is 22.6. The van der Waals surface area contributed by atoms with Crippen LogP contribution in [0, 0.1) is 0 Å². The van der Waals surface area contributed by atoms with E-state index in [9.17, 15) is 28.8 Å². The molecule has 0 amide bonds. The smallest absolute Gasteiger partial charge is 0.451 e. The highest BCUT2D eigenvalue weighted by Crippen LogP contribution is 2.36. The molecule has 0 saturated heterocycles. The average molecular weight is 771 g/mol. The Bertz CT molecular complexity index is 1460. The molecule has 0 fully saturated rings. The number of carbonyl (C=O) groups is 6. The molecule has 2 aromatic rings. The molecule has 0 aliphatic heterocycles. The van der Waals surface area contributed by atoms with Gasteiger partial charge in [0, 0.05) is 27.7 Å². The molecule has 0 aliphatic carbocycles. The SMILES string of the molecule is CCOC(=O)OC(C)Oc1cccc(C(=O)OOC(=O)c2cccc(OC(C)OC(=O)OCC)c2OC(C)OC(=O)OCC)c1OC(C)OC(=O)OCC. The van der Waals surface area contributed by atoms with Crippen LogP contribution in [-0.2, 0) is 47.7 Å². The summed E-state index contributed by atoms with van der Waals surface area (Å²) in [6.45, 7) is 11.5. The minimum absolute atomic E-state index is 0.00355. The first kappa shape index (κ1) is 43.8. The summed E-state index contributed by atoms with van der Waals surface area (Å²) in [5, 5.41) is 0. The van der Waals surface area contributed by atoms with Gasteiger partial charge >= 0.3 is 36.6 Å². The van der Waals surface area contributed by atoms with Crippen molar-refractivity contribution < 1.29 is 95.4 Å². The molecule has 20 nitrogen and oxygen atoms in total. The monoisotopic (exact) mass is 770 g/mol. The minimum atomic E-state index is -1.39. The maximum atomic E-state index is 13.4. The largest absolute Gasteiger partial charge is 0.511 e. The molecular formula is C34H42O20. The zero-order valence-electron chi connectivity index (χ0n) is 30.8. The van der Waals surface area contributed by atoms with Gasteiger partial charge in [0.15, 0.2) is 23.0 Å². The first-order chi connectivity index (χ1) is 25.7. The molecule has 0 N–H and O–H groups in total. The summed E-state index contributed by atoms with van der Waals surface area (Å²) in [6, 6.07) is 7.67. The molecule has 298 valence electrons. The Hall–Kier alpha value is -6.34. The lowest BCUT2D eigenvalue weighted by molar-refractivity contribution is -0.188. The summed E-state index contributed by atoms with van der Waals surface area (Å²) < 4.78 is 61.6. The predicted molar refractivity (Wildman–Crippen MR) is 177 cm³/mol. The highest BCUT2D eigenvalue weighted by Gasteiger charge is 2.29. The molecule has 0 spiro atoms. The van der Waals surface area contributed by atoms with E-state index in [-0.39, 0.29) is 37.9 Å². The molecule has 54 heavy (non-hydrogen) atoms. The fourth-order valence-corrected chi connectivity index (χ4v) is 3.88. The zero-order chi connectivity index (χ0) is 40.2. The van der Waals surface area contributed by atoms with Crippen LogP contribution in [0.25, 0.3) is 0 Å². The standard InChI is InChI=1S/C34H42O20/c1-9-41-31(37)49-19(5)45-25-17-13-15-23(27(25)47-21(7)51-33(39)43-11-3)29(35)53-54-30(36)24-16-14-18-26(46-20(6)50-32(38)42-10-2)28(24)48-22(8)52-34(40)44-12-4/h13-22H,9-12H2,1-8H3. The van der Waals surface area contributed by atoms with E-state index < -0.39 is 84.3 Å². The number of rotatable bonds is 18. The molecule has 2 rings (SSSR count). The van der Waals surface area contributed by atoms with Crippen molar-refractivity contribution >= 4 is 36.6 Å². The summed E-state index contributed by atoms with van der Waals surface area (Å²) in [5.74, 6) is -3.85. The lowest BCUT2D eigenvalue weighted by Gasteiger charge is -2.22. The fraction of sp³-hybridized carbons (Fsp3) is 0.471. The van der Waals surface area contributed by atoms with E-state index in [0.29, 0.717) is 0 Å². The molecule has 20 heteroatoms. The Morgan fingerprint density at radius 2 is 0.722 bits per heavy atom. The van der Waals surface area contributed by atoms with Crippen molar-refractivity contribution in [3.8, 4) is 23.0 Å². The van der Waals surface area contributed by atoms with Gasteiger partial charge in [-0.3, -0.25) is 0 Å². The lowest BCUT2D eigenvalue weighted by atomic mass is 10.2. The van der Waals surface area contributed by atoms with Gasteiger partial charge in [-0.05, 0) is 52.0 Å². The van der Waals surface area contributed by atoms with Crippen molar-refractivity contribution in [1.29, 1.82) is 0 Å². The summed E-state index contributed by atoms with van der Waals surface area (Å²) in [5.41, 5.74) is -0.837. The van der Waals surface area contributed by atoms with Crippen molar-refractivity contribution in [2.75, 3.05) is 26.4 Å². The van der Waals surface area contributed by atoms with Crippen LogP contribution in [-0.4, -0.2) is 88.1 Å². The number of benzene rings is 2. The van der Waals surface area contributed by atoms with Crippen LogP contribution in [0.1, 0.15) is 76.1 Å². The highest BCUT2D eigenvalue weighted by atomic mass is 17.2. The Balaban J connectivity index is 2.41. The van der Waals surface area contributed by atoms with E-state index in [1.165, 1.54) is 64.1 Å². The van der Waals surface area contributed by atoms with Gasteiger partial charge in [-0.15, -0.1) is 0 Å². The van der Waals surface area contributed by atoms with Crippen LogP contribution >= 0.6 is 0 Å². The van der Waals surface area contributed by atoms with Gasteiger partial charge in [-0.25, -0.2) is 38.5 Å². The molecule has 0 aliphatic rings. The van der Waals surface area contributed by atoms with E-state index >= 15 is 0 Å². The minimum Gasteiger partial charge on any atom is -0.451 e. The Kier molecular flexibility index (Phi) is 18.3. The number of carbonyl (C=O) groups excluding carboxylic acids is 6. The number of para-hydroxylation sites is 2. The van der Waals surface area contributed by atoms with E-state index in [2.05, 4.69) is 0 Å².